The molecule has 5 heteroatoms. The monoisotopic (exact) mass is 258 g/mol. The molecule has 0 saturated heterocycles. The van der Waals surface area contributed by atoms with Gasteiger partial charge in [-0.25, -0.2) is 4.79 Å². The fourth-order valence-corrected chi connectivity index (χ4v) is 5.02. The predicted octanol–water partition coefficient (Wildman–Crippen LogP) is 2.48. The van der Waals surface area contributed by atoms with E-state index in [1.165, 1.54) is 0 Å². The van der Waals surface area contributed by atoms with Crippen LogP contribution in [0.25, 0.3) is 0 Å². The lowest BCUT2D eigenvalue weighted by Gasteiger charge is -2.13. The number of allylic oxidation sites excluding steroid dienone is 1. The predicted molar refractivity (Wildman–Crippen MR) is 65.3 cm³/mol. The minimum atomic E-state index is -3.36. The second-order valence-corrected chi connectivity index (χ2v) is 8.41. The van der Waals surface area contributed by atoms with E-state index in [-0.39, 0.29) is 22.8 Å². The highest BCUT2D eigenvalue weighted by molar-refractivity contribution is 7.59. The van der Waals surface area contributed by atoms with Gasteiger partial charge in [-0.2, -0.15) is 0 Å². The van der Waals surface area contributed by atoms with E-state index in [2.05, 4.69) is 0 Å². The van der Waals surface area contributed by atoms with Crippen molar-refractivity contribution in [3.05, 3.63) is 11.6 Å². The number of hydrogen-bond donors (Lipinski definition) is 2. The third kappa shape index (κ3) is 2.99. The molecule has 0 spiro atoms. The van der Waals surface area contributed by atoms with Crippen LogP contribution in [0.4, 0.5) is 0 Å². The van der Waals surface area contributed by atoms with Gasteiger partial charge in [0.25, 0.3) is 0 Å². The lowest BCUT2D eigenvalue weighted by molar-refractivity contribution is -0.132. The number of carboxylic acid groups (broad SMARTS) is 1. The first-order chi connectivity index (χ1) is 7.72. The minimum absolute atomic E-state index is 0.104. The zero-order chi connectivity index (χ0) is 12.8. The maximum atomic E-state index is 12.2. The summed E-state index contributed by atoms with van der Waals surface area (Å²) >= 11 is 0. The zero-order valence-corrected chi connectivity index (χ0v) is 11.1. The Hall–Kier alpha value is -0.600. The van der Waals surface area contributed by atoms with Gasteiger partial charge >= 0.3 is 5.97 Å². The Morgan fingerprint density at radius 2 is 2.00 bits per heavy atom. The molecule has 2 N–H and O–H groups in total. The summed E-state index contributed by atoms with van der Waals surface area (Å²) in [5, 5.41) is 9.05. The second kappa shape index (κ2) is 3.96. The summed E-state index contributed by atoms with van der Waals surface area (Å²) < 4.78 is 12.2. The van der Waals surface area contributed by atoms with Crippen LogP contribution in [-0.2, 0) is 9.36 Å². The van der Waals surface area contributed by atoms with Crippen molar-refractivity contribution in [2.45, 2.75) is 38.8 Å². The van der Waals surface area contributed by atoms with Crippen LogP contribution in [0.15, 0.2) is 11.6 Å². The molecule has 96 valence electrons. The number of carbonyl (C=O) groups is 1. The molecule has 2 fully saturated rings. The van der Waals surface area contributed by atoms with E-state index in [9.17, 15) is 14.3 Å². The molecular formula is C12H19O4P. The van der Waals surface area contributed by atoms with Gasteiger partial charge < -0.3 is 10.00 Å². The molecule has 4 nitrogen and oxygen atoms in total. The van der Waals surface area contributed by atoms with Gasteiger partial charge in [0.2, 0.25) is 7.37 Å². The van der Waals surface area contributed by atoms with E-state index < -0.39 is 13.3 Å². The Balaban J connectivity index is 2.07. The molecule has 2 aliphatic rings. The van der Waals surface area contributed by atoms with Gasteiger partial charge in [-0.05, 0) is 30.6 Å². The van der Waals surface area contributed by atoms with Crippen LogP contribution in [0.3, 0.4) is 0 Å². The quantitative estimate of drug-likeness (QED) is 0.586. The molecule has 0 amide bonds. The van der Waals surface area contributed by atoms with Crippen molar-refractivity contribution < 1.29 is 19.4 Å². The minimum Gasteiger partial charge on any atom is -0.478 e. The molecule has 2 unspecified atom stereocenters. The summed E-state index contributed by atoms with van der Waals surface area (Å²) in [5.41, 5.74) is -0.203. The number of carboxylic acids is 1. The summed E-state index contributed by atoms with van der Waals surface area (Å²) in [5.74, 6) is -0.738. The molecule has 0 aliphatic heterocycles. The first kappa shape index (κ1) is 12.8. The summed E-state index contributed by atoms with van der Waals surface area (Å²) in [6, 6.07) is 0. The van der Waals surface area contributed by atoms with Crippen molar-refractivity contribution in [2.75, 3.05) is 6.16 Å². The zero-order valence-electron chi connectivity index (χ0n) is 10.2. The fourth-order valence-electron chi connectivity index (χ4n) is 2.22. The van der Waals surface area contributed by atoms with Gasteiger partial charge in [-0.3, -0.25) is 4.57 Å². The smallest absolute Gasteiger partial charge is 0.331 e. The molecule has 0 aromatic rings. The van der Waals surface area contributed by atoms with E-state index in [0.29, 0.717) is 5.92 Å². The highest BCUT2D eigenvalue weighted by Gasteiger charge is 2.56. The number of aliphatic carboxylic acids is 1. The van der Waals surface area contributed by atoms with Crippen LogP contribution < -0.4 is 0 Å². The highest BCUT2D eigenvalue weighted by atomic mass is 31.2. The first-order valence-corrected chi connectivity index (χ1v) is 7.89. The molecule has 0 radical (unpaired) electrons. The summed E-state index contributed by atoms with van der Waals surface area (Å²) in [6.07, 6.45) is 4.22. The molecule has 2 rings (SSSR count). The second-order valence-electron chi connectivity index (χ2n) is 5.96. The molecule has 17 heavy (non-hydrogen) atoms. The Morgan fingerprint density at radius 3 is 2.35 bits per heavy atom. The van der Waals surface area contributed by atoms with E-state index in [0.717, 1.165) is 19.3 Å². The van der Waals surface area contributed by atoms with Crippen LogP contribution in [0, 0.1) is 11.3 Å². The Labute approximate surface area is 101 Å². The molecule has 0 heterocycles. The standard InChI is InChI=1S/C12H19O4P/c1-12(2)6-10(12)17(15,16)7-9(11(13)14)5-8-3-4-8/h5,8,10H,3-4,6-7H2,1-2H3,(H,13,14)(H,15,16)/b9-5+. The molecule has 2 saturated carbocycles. The average molecular weight is 258 g/mol. The molecule has 2 aliphatic carbocycles. The van der Waals surface area contributed by atoms with Crippen molar-refractivity contribution in [3.8, 4) is 0 Å². The van der Waals surface area contributed by atoms with Crippen molar-refractivity contribution in [2.24, 2.45) is 11.3 Å². The Morgan fingerprint density at radius 1 is 1.47 bits per heavy atom. The number of rotatable bonds is 5. The van der Waals surface area contributed by atoms with E-state index >= 15 is 0 Å². The average Bonchev–Trinajstić information content (AvgIpc) is 3.03. The normalized spacial score (nSPS) is 30.8. The van der Waals surface area contributed by atoms with Crippen LogP contribution in [0.5, 0.6) is 0 Å². The van der Waals surface area contributed by atoms with E-state index in [4.69, 9.17) is 5.11 Å². The van der Waals surface area contributed by atoms with Gasteiger partial charge in [0, 0.05) is 11.2 Å². The third-order valence-electron chi connectivity index (χ3n) is 3.68. The third-order valence-corrected chi connectivity index (χ3v) is 6.33. The SMILES string of the molecule is CC1(C)CC1P(=O)(O)C/C(=C\C1CC1)C(=O)O. The highest BCUT2D eigenvalue weighted by Crippen LogP contribution is 2.67. The number of hydrogen-bond acceptors (Lipinski definition) is 2. The molecule has 0 aromatic heterocycles. The van der Waals surface area contributed by atoms with Crippen LogP contribution >= 0.6 is 7.37 Å². The van der Waals surface area contributed by atoms with E-state index in [1.54, 1.807) is 6.08 Å². The van der Waals surface area contributed by atoms with Crippen molar-refractivity contribution in [3.63, 3.8) is 0 Å². The van der Waals surface area contributed by atoms with Crippen molar-refractivity contribution in [1.29, 1.82) is 0 Å². The molecule has 0 bridgehead atoms. The Kier molecular flexibility index (Phi) is 2.99. The van der Waals surface area contributed by atoms with E-state index in [1.807, 2.05) is 13.8 Å². The maximum absolute atomic E-state index is 12.2. The topological polar surface area (TPSA) is 74.6 Å². The molecule has 2 atom stereocenters. The van der Waals surface area contributed by atoms with Crippen LogP contribution in [0.2, 0.25) is 0 Å². The van der Waals surface area contributed by atoms with Crippen LogP contribution in [0.1, 0.15) is 33.1 Å². The Bertz CT molecular complexity index is 420. The lowest BCUT2D eigenvalue weighted by atomic mass is 10.2. The van der Waals surface area contributed by atoms with Crippen molar-refractivity contribution in [1.82, 2.24) is 0 Å². The molecular weight excluding hydrogens is 239 g/mol. The van der Waals surface area contributed by atoms with Gasteiger partial charge in [0.1, 0.15) is 0 Å². The lowest BCUT2D eigenvalue weighted by Crippen LogP contribution is -2.10. The van der Waals surface area contributed by atoms with Gasteiger partial charge in [0.05, 0.1) is 6.16 Å². The van der Waals surface area contributed by atoms with Gasteiger partial charge in [-0.1, -0.05) is 19.9 Å². The summed E-state index contributed by atoms with van der Waals surface area (Å²) in [7, 11) is -3.36. The van der Waals surface area contributed by atoms with Gasteiger partial charge in [-0.15, -0.1) is 0 Å². The van der Waals surface area contributed by atoms with Gasteiger partial charge in [0.15, 0.2) is 0 Å². The maximum Gasteiger partial charge on any atom is 0.331 e. The van der Waals surface area contributed by atoms with Crippen LogP contribution in [-0.4, -0.2) is 27.8 Å². The summed E-state index contributed by atoms with van der Waals surface area (Å²) in [6.45, 7) is 3.90. The fraction of sp³-hybridized carbons (Fsp3) is 0.750. The van der Waals surface area contributed by atoms with Crippen molar-refractivity contribution >= 4 is 13.3 Å². The first-order valence-electron chi connectivity index (χ1n) is 5.98. The molecule has 0 aromatic carbocycles. The largest absolute Gasteiger partial charge is 0.478 e. The summed E-state index contributed by atoms with van der Waals surface area (Å²) in [4.78, 5) is 21.0.